The third-order valence-electron chi connectivity index (χ3n) is 5.75. The minimum absolute atomic E-state index is 0.199. The van der Waals surface area contributed by atoms with Gasteiger partial charge in [-0.05, 0) is 59.7 Å². The highest BCUT2D eigenvalue weighted by Crippen LogP contribution is 2.20. The molecule has 45 heavy (non-hydrogen) atoms. The van der Waals surface area contributed by atoms with Crippen LogP contribution in [0.2, 0.25) is 0 Å². The van der Waals surface area contributed by atoms with Gasteiger partial charge in [0.25, 0.3) is 0 Å². The molecule has 0 saturated carbocycles. The van der Waals surface area contributed by atoms with E-state index in [0.717, 1.165) is 22.7 Å². The molecule has 0 amide bonds. The summed E-state index contributed by atoms with van der Waals surface area (Å²) in [6, 6.07) is 31.6. The number of alkyl halides is 1. The van der Waals surface area contributed by atoms with E-state index in [1.165, 1.54) is 24.8 Å². The van der Waals surface area contributed by atoms with Crippen LogP contribution < -0.4 is 9.03 Å². The van der Waals surface area contributed by atoms with Crippen molar-refractivity contribution < 1.29 is 35.9 Å². The van der Waals surface area contributed by atoms with E-state index in [4.69, 9.17) is 0 Å². The summed E-state index contributed by atoms with van der Waals surface area (Å²) < 4.78 is 58.3. The smallest absolute Gasteiger partial charge is 0.337 e. The summed E-state index contributed by atoms with van der Waals surface area (Å²) in [6.07, 6.45) is 2.29. The summed E-state index contributed by atoms with van der Waals surface area (Å²) >= 11 is 3.32. The molecule has 4 aromatic rings. The van der Waals surface area contributed by atoms with Crippen LogP contribution in [0.4, 0.5) is 11.4 Å². The first-order valence-electron chi connectivity index (χ1n) is 13.2. The summed E-state index contributed by atoms with van der Waals surface area (Å²) in [6.45, 7) is 0.199. The number of carbonyl (C=O) groups is 2. The molecular formula is C32H35BrN2O8S2. The molecule has 0 unspecified atom stereocenters. The Morgan fingerprint density at radius 1 is 0.667 bits per heavy atom. The van der Waals surface area contributed by atoms with Crippen molar-refractivity contribution >= 4 is 59.3 Å². The topological polar surface area (TPSA) is 136 Å². The fourth-order valence-corrected chi connectivity index (χ4v) is 5.42. The van der Waals surface area contributed by atoms with Crippen LogP contribution in [0.15, 0.2) is 109 Å². The van der Waals surface area contributed by atoms with E-state index in [9.17, 15) is 26.4 Å². The van der Waals surface area contributed by atoms with Crippen LogP contribution in [0.5, 0.6) is 0 Å². The standard InChI is InChI=1S/C16H17NO4S.C9H9BrO2.C7H9NO2S/c1-21-16(18)14-10-8-13(9-11-14)12-17(22(2,19)20)15-6-4-3-5-7-15;1-12-9(11)8-4-2-7(6-10)3-5-8;1-11(9,10)8-7-5-3-2-4-6-7/h3-11H,12H2,1-2H3;2-5H,6H2,1H3;2-6,8H,1H3. The Bertz CT molecular complexity index is 1720. The molecule has 0 heterocycles. The lowest BCUT2D eigenvalue weighted by Crippen LogP contribution is -2.29. The zero-order chi connectivity index (χ0) is 33.5. The van der Waals surface area contributed by atoms with Crippen molar-refractivity contribution in [3.8, 4) is 0 Å². The van der Waals surface area contributed by atoms with Crippen LogP contribution in [0.3, 0.4) is 0 Å². The summed E-state index contributed by atoms with van der Waals surface area (Å²) in [5.41, 5.74) is 4.13. The van der Waals surface area contributed by atoms with Gasteiger partial charge in [0.05, 0.1) is 50.1 Å². The average molecular weight is 720 g/mol. The molecule has 240 valence electrons. The number of benzene rings is 4. The molecule has 4 aromatic carbocycles. The lowest BCUT2D eigenvalue weighted by molar-refractivity contribution is 0.0592. The number of para-hydroxylation sites is 2. The predicted octanol–water partition coefficient (Wildman–Crippen LogP) is 5.87. The molecule has 0 spiro atoms. The van der Waals surface area contributed by atoms with Crippen molar-refractivity contribution in [2.45, 2.75) is 11.9 Å². The third kappa shape index (κ3) is 13.5. The second-order valence-corrected chi connectivity index (χ2v) is 13.6. The minimum Gasteiger partial charge on any atom is -0.465 e. The second kappa shape index (κ2) is 17.9. The van der Waals surface area contributed by atoms with Crippen molar-refractivity contribution in [2.75, 3.05) is 35.8 Å². The maximum atomic E-state index is 12.0. The fourth-order valence-electron chi connectivity index (χ4n) is 3.59. The summed E-state index contributed by atoms with van der Waals surface area (Å²) in [4.78, 5) is 22.4. The van der Waals surface area contributed by atoms with Gasteiger partial charge in [0.2, 0.25) is 20.0 Å². The minimum atomic E-state index is -3.41. The normalized spacial score (nSPS) is 10.6. The van der Waals surface area contributed by atoms with Crippen molar-refractivity contribution in [3.05, 3.63) is 131 Å². The number of esters is 2. The SMILES string of the molecule is COC(=O)c1ccc(CBr)cc1.COC(=O)c1ccc(CN(c2ccccc2)S(C)(=O)=O)cc1.CS(=O)(=O)Nc1ccccc1. The lowest BCUT2D eigenvalue weighted by atomic mass is 10.1. The van der Waals surface area contributed by atoms with Gasteiger partial charge in [0, 0.05) is 11.0 Å². The summed E-state index contributed by atoms with van der Waals surface area (Å²) in [5.74, 6) is -0.717. The van der Waals surface area contributed by atoms with Gasteiger partial charge in [0.15, 0.2) is 0 Å². The van der Waals surface area contributed by atoms with Crippen LogP contribution in [0.25, 0.3) is 0 Å². The van der Waals surface area contributed by atoms with Gasteiger partial charge in [-0.2, -0.15) is 0 Å². The molecule has 0 aliphatic carbocycles. The highest BCUT2D eigenvalue weighted by atomic mass is 79.9. The first-order valence-corrected chi connectivity index (χ1v) is 18.1. The Hall–Kier alpha value is -4.20. The Kier molecular flexibility index (Phi) is 14.7. The molecule has 10 nitrogen and oxygen atoms in total. The number of nitrogens with one attached hydrogen (secondary N) is 1. The van der Waals surface area contributed by atoms with Crippen molar-refractivity contribution in [2.24, 2.45) is 0 Å². The Morgan fingerprint density at radius 2 is 1.09 bits per heavy atom. The largest absolute Gasteiger partial charge is 0.465 e. The van der Waals surface area contributed by atoms with Gasteiger partial charge in [-0.1, -0.05) is 76.6 Å². The molecule has 0 fully saturated rings. The highest BCUT2D eigenvalue weighted by Gasteiger charge is 2.17. The van der Waals surface area contributed by atoms with E-state index in [0.29, 0.717) is 22.5 Å². The van der Waals surface area contributed by atoms with Gasteiger partial charge < -0.3 is 9.47 Å². The molecule has 0 bridgehead atoms. The molecule has 0 aromatic heterocycles. The second-order valence-electron chi connectivity index (χ2n) is 9.36. The van der Waals surface area contributed by atoms with E-state index in [1.807, 2.05) is 24.3 Å². The zero-order valence-electron chi connectivity index (χ0n) is 25.2. The van der Waals surface area contributed by atoms with Crippen LogP contribution in [0.1, 0.15) is 31.8 Å². The molecule has 0 saturated heterocycles. The van der Waals surface area contributed by atoms with Gasteiger partial charge >= 0.3 is 11.9 Å². The first-order chi connectivity index (χ1) is 21.3. The van der Waals surface area contributed by atoms with Gasteiger partial charge in [-0.25, -0.2) is 26.4 Å². The Morgan fingerprint density at radius 3 is 1.47 bits per heavy atom. The van der Waals surface area contributed by atoms with Crippen molar-refractivity contribution in [1.29, 1.82) is 0 Å². The molecular weight excluding hydrogens is 684 g/mol. The number of ether oxygens (including phenoxy) is 2. The Labute approximate surface area is 273 Å². The lowest BCUT2D eigenvalue weighted by Gasteiger charge is -2.22. The number of nitrogens with zero attached hydrogens (tertiary/aromatic N) is 1. The Balaban J connectivity index is 0.000000259. The fraction of sp³-hybridized carbons (Fsp3) is 0.188. The summed E-state index contributed by atoms with van der Waals surface area (Å²) in [7, 11) is -3.84. The van der Waals surface area contributed by atoms with Crippen LogP contribution in [0, 0.1) is 0 Å². The quantitative estimate of drug-likeness (QED) is 0.168. The number of anilines is 2. The maximum absolute atomic E-state index is 12.0. The van der Waals surface area contributed by atoms with Crippen molar-refractivity contribution in [1.82, 2.24) is 0 Å². The van der Waals surface area contributed by atoms with Crippen LogP contribution in [-0.2, 0) is 41.4 Å². The van der Waals surface area contributed by atoms with Gasteiger partial charge in [-0.3, -0.25) is 9.03 Å². The van der Waals surface area contributed by atoms with Crippen LogP contribution >= 0.6 is 15.9 Å². The molecule has 0 aliphatic rings. The summed E-state index contributed by atoms with van der Waals surface area (Å²) in [5, 5.41) is 0.800. The predicted molar refractivity (Wildman–Crippen MR) is 181 cm³/mol. The van der Waals surface area contributed by atoms with E-state index in [-0.39, 0.29) is 12.5 Å². The molecule has 1 N–H and O–H groups in total. The molecule has 0 aliphatic heterocycles. The van der Waals surface area contributed by atoms with Crippen molar-refractivity contribution in [3.63, 3.8) is 0 Å². The molecule has 13 heteroatoms. The highest BCUT2D eigenvalue weighted by molar-refractivity contribution is 9.08. The van der Waals surface area contributed by atoms with Gasteiger partial charge in [0.1, 0.15) is 0 Å². The monoisotopic (exact) mass is 718 g/mol. The number of sulfonamides is 2. The van der Waals surface area contributed by atoms with Gasteiger partial charge in [-0.15, -0.1) is 0 Å². The number of hydrogen-bond acceptors (Lipinski definition) is 8. The molecule has 0 radical (unpaired) electrons. The molecule has 0 atom stereocenters. The van der Waals surface area contributed by atoms with E-state index < -0.39 is 26.0 Å². The number of halogens is 1. The number of hydrogen-bond donors (Lipinski definition) is 1. The average Bonchev–Trinajstić information content (AvgIpc) is 3.03. The number of carbonyl (C=O) groups excluding carboxylic acids is 2. The first kappa shape index (κ1) is 37.0. The van der Waals surface area contributed by atoms with E-state index in [2.05, 4.69) is 30.1 Å². The molecule has 4 rings (SSSR count). The zero-order valence-corrected chi connectivity index (χ0v) is 28.4. The number of methoxy groups -OCH3 is 2. The third-order valence-corrected chi connectivity index (χ3v) is 8.15. The van der Waals surface area contributed by atoms with E-state index in [1.54, 1.807) is 84.9 Å². The number of rotatable bonds is 9. The van der Waals surface area contributed by atoms with E-state index >= 15 is 0 Å². The maximum Gasteiger partial charge on any atom is 0.337 e. The van der Waals surface area contributed by atoms with Crippen LogP contribution in [-0.4, -0.2) is 55.5 Å².